The fourth-order valence-corrected chi connectivity index (χ4v) is 2.06. The Morgan fingerprint density at radius 1 is 1.67 bits per heavy atom. The van der Waals surface area contributed by atoms with Crippen molar-refractivity contribution in [1.82, 2.24) is 9.97 Å². The molecule has 4 N–H and O–H groups in total. The molecule has 1 rings (SSSR count). The summed E-state index contributed by atoms with van der Waals surface area (Å²) in [6.45, 7) is 1.76. The van der Waals surface area contributed by atoms with Crippen LogP contribution in [0.25, 0.3) is 0 Å². The number of aliphatic hydroxyl groups is 1. The largest absolute Gasteiger partial charge is 0.387 e. The highest BCUT2D eigenvalue weighted by Gasteiger charge is 2.24. The Morgan fingerprint density at radius 2 is 2.33 bits per heavy atom. The SMILES string of the molecule is CSCC(C)(O)CNc1ncnc(N)c1[N+](=O)[O-]. The van der Waals surface area contributed by atoms with Gasteiger partial charge in [-0.2, -0.15) is 11.8 Å². The molecular formula is C9H15N5O3S. The third kappa shape index (κ3) is 3.70. The second kappa shape index (κ2) is 5.83. The highest BCUT2D eigenvalue weighted by molar-refractivity contribution is 7.98. The molecule has 0 aliphatic heterocycles. The smallest absolute Gasteiger partial charge is 0.352 e. The molecule has 18 heavy (non-hydrogen) atoms. The van der Waals surface area contributed by atoms with E-state index in [-0.39, 0.29) is 23.9 Å². The van der Waals surface area contributed by atoms with Crippen LogP contribution < -0.4 is 11.1 Å². The highest BCUT2D eigenvalue weighted by atomic mass is 32.2. The fourth-order valence-electron chi connectivity index (χ4n) is 1.34. The van der Waals surface area contributed by atoms with Gasteiger partial charge in [-0.1, -0.05) is 0 Å². The van der Waals surface area contributed by atoms with Crippen molar-refractivity contribution in [2.24, 2.45) is 0 Å². The minimum absolute atomic E-state index is 0.00822. The molecule has 0 bridgehead atoms. The van der Waals surface area contributed by atoms with Crippen molar-refractivity contribution in [3.05, 3.63) is 16.4 Å². The van der Waals surface area contributed by atoms with E-state index in [1.54, 1.807) is 6.92 Å². The van der Waals surface area contributed by atoms with Crippen LogP contribution in [-0.4, -0.2) is 44.2 Å². The van der Waals surface area contributed by atoms with Gasteiger partial charge in [0.1, 0.15) is 6.33 Å². The summed E-state index contributed by atoms with van der Waals surface area (Å²) in [5.74, 6) is 0.296. The molecule has 0 saturated carbocycles. The Labute approximate surface area is 108 Å². The normalized spacial score (nSPS) is 13.9. The standard InChI is InChI=1S/C9H15N5O3S/c1-9(15,4-18-2)3-11-8-6(14(16)17)7(10)12-5-13-8/h5,15H,3-4H2,1-2H3,(H3,10,11,12,13). The highest BCUT2D eigenvalue weighted by Crippen LogP contribution is 2.26. The van der Waals surface area contributed by atoms with Crippen molar-refractivity contribution >= 4 is 29.1 Å². The molecule has 8 nitrogen and oxygen atoms in total. The number of nitrogen functional groups attached to an aromatic ring is 1. The first kappa shape index (κ1) is 14.5. The second-order valence-corrected chi connectivity index (χ2v) is 4.86. The molecule has 0 spiro atoms. The van der Waals surface area contributed by atoms with Gasteiger partial charge < -0.3 is 16.2 Å². The molecule has 0 aromatic carbocycles. The number of nitro groups is 1. The van der Waals surface area contributed by atoms with E-state index in [9.17, 15) is 15.2 Å². The summed E-state index contributed by atoms with van der Waals surface area (Å²) in [6, 6.07) is 0. The predicted molar refractivity (Wildman–Crippen MR) is 70.6 cm³/mol. The van der Waals surface area contributed by atoms with E-state index in [4.69, 9.17) is 5.73 Å². The summed E-state index contributed by atoms with van der Waals surface area (Å²) in [6.07, 6.45) is 2.99. The van der Waals surface area contributed by atoms with Crippen molar-refractivity contribution in [2.75, 3.05) is 29.6 Å². The number of thioether (sulfide) groups is 1. The van der Waals surface area contributed by atoms with Crippen LogP contribution in [0.4, 0.5) is 17.3 Å². The molecule has 1 aromatic rings. The molecule has 0 radical (unpaired) electrons. The van der Waals surface area contributed by atoms with Gasteiger partial charge in [-0.05, 0) is 13.2 Å². The Balaban J connectivity index is 2.85. The van der Waals surface area contributed by atoms with Crippen molar-refractivity contribution in [1.29, 1.82) is 0 Å². The van der Waals surface area contributed by atoms with Crippen molar-refractivity contribution in [3.63, 3.8) is 0 Å². The molecule has 0 fully saturated rings. The van der Waals surface area contributed by atoms with Gasteiger partial charge in [-0.25, -0.2) is 9.97 Å². The summed E-state index contributed by atoms with van der Waals surface area (Å²) in [5.41, 5.74) is 4.05. The number of anilines is 2. The van der Waals surface area contributed by atoms with Gasteiger partial charge in [-0.3, -0.25) is 10.1 Å². The summed E-state index contributed by atoms with van der Waals surface area (Å²) >= 11 is 1.48. The maximum Gasteiger partial charge on any atom is 0.352 e. The van der Waals surface area contributed by atoms with Gasteiger partial charge in [0.25, 0.3) is 0 Å². The molecule has 9 heteroatoms. The Bertz CT molecular complexity index is 440. The van der Waals surface area contributed by atoms with Crippen LogP contribution in [-0.2, 0) is 0 Å². The Kier molecular flexibility index (Phi) is 4.68. The van der Waals surface area contributed by atoms with Gasteiger partial charge in [0.05, 0.1) is 10.5 Å². The molecular weight excluding hydrogens is 258 g/mol. The van der Waals surface area contributed by atoms with E-state index in [0.29, 0.717) is 5.75 Å². The topological polar surface area (TPSA) is 127 Å². The van der Waals surface area contributed by atoms with E-state index >= 15 is 0 Å². The van der Waals surface area contributed by atoms with E-state index in [0.717, 1.165) is 6.33 Å². The van der Waals surface area contributed by atoms with E-state index in [1.165, 1.54) is 11.8 Å². The molecule has 0 amide bonds. The quantitative estimate of drug-likeness (QED) is 0.505. The van der Waals surface area contributed by atoms with Crippen LogP contribution in [0.3, 0.4) is 0 Å². The first-order valence-corrected chi connectivity index (χ1v) is 6.47. The van der Waals surface area contributed by atoms with Gasteiger partial charge in [-0.15, -0.1) is 0 Å². The number of nitrogens with two attached hydrogens (primary N) is 1. The molecule has 100 valence electrons. The zero-order valence-electron chi connectivity index (χ0n) is 10.1. The molecule has 1 atom stereocenters. The summed E-state index contributed by atoms with van der Waals surface area (Å²) in [4.78, 5) is 17.5. The van der Waals surface area contributed by atoms with Crippen LogP contribution in [0, 0.1) is 10.1 Å². The molecule has 0 aliphatic rings. The third-order valence-corrected chi connectivity index (χ3v) is 3.04. The lowest BCUT2D eigenvalue weighted by molar-refractivity contribution is -0.383. The Morgan fingerprint density at radius 3 is 2.89 bits per heavy atom. The van der Waals surface area contributed by atoms with E-state index < -0.39 is 10.5 Å². The molecule has 1 unspecified atom stereocenters. The van der Waals surface area contributed by atoms with Crippen LogP contribution >= 0.6 is 11.8 Å². The summed E-state index contributed by atoms with van der Waals surface area (Å²) < 4.78 is 0. The number of hydrogen-bond acceptors (Lipinski definition) is 8. The van der Waals surface area contributed by atoms with E-state index in [1.807, 2.05) is 6.26 Å². The minimum Gasteiger partial charge on any atom is -0.387 e. The van der Waals surface area contributed by atoms with Gasteiger partial charge in [0.15, 0.2) is 0 Å². The van der Waals surface area contributed by atoms with Crippen LogP contribution in [0.2, 0.25) is 0 Å². The zero-order chi connectivity index (χ0) is 13.8. The molecule has 0 saturated heterocycles. The zero-order valence-corrected chi connectivity index (χ0v) is 10.9. The third-order valence-electron chi connectivity index (χ3n) is 2.13. The van der Waals surface area contributed by atoms with E-state index in [2.05, 4.69) is 15.3 Å². The number of nitrogens with one attached hydrogen (secondary N) is 1. The summed E-state index contributed by atoms with van der Waals surface area (Å²) in [5, 5.41) is 23.5. The predicted octanol–water partition coefficient (Wildman–Crippen LogP) is 0.493. The molecule has 1 aromatic heterocycles. The first-order chi connectivity index (χ1) is 8.37. The maximum absolute atomic E-state index is 10.8. The lowest BCUT2D eigenvalue weighted by Crippen LogP contribution is -2.36. The summed E-state index contributed by atoms with van der Waals surface area (Å²) in [7, 11) is 0. The lowest BCUT2D eigenvalue weighted by atomic mass is 10.1. The van der Waals surface area contributed by atoms with Crippen LogP contribution in [0.15, 0.2) is 6.33 Å². The van der Waals surface area contributed by atoms with Gasteiger partial charge >= 0.3 is 5.69 Å². The average Bonchev–Trinajstić information content (AvgIpc) is 2.26. The lowest BCUT2D eigenvalue weighted by Gasteiger charge is -2.22. The van der Waals surface area contributed by atoms with Crippen LogP contribution in [0.5, 0.6) is 0 Å². The second-order valence-electron chi connectivity index (χ2n) is 4.00. The first-order valence-electron chi connectivity index (χ1n) is 5.07. The fraction of sp³-hybridized carbons (Fsp3) is 0.556. The Hall–Kier alpha value is -1.61. The maximum atomic E-state index is 10.8. The number of aromatic nitrogens is 2. The van der Waals surface area contributed by atoms with Gasteiger partial charge in [0.2, 0.25) is 11.6 Å². The monoisotopic (exact) mass is 273 g/mol. The minimum atomic E-state index is -0.993. The van der Waals surface area contributed by atoms with Crippen molar-refractivity contribution < 1.29 is 10.0 Å². The van der Waals surface area contributed by atoms with Gasteiger partial charge in [0, 0.05) is 12.3 Å². The number of nitrogens with zero attached hydrogens (tertiary/aromatic N) is 3. The number of hydrogen-bond donors (Lipinski definition) is 3. The number of rotatable bonds is 6. The van der Waals surface area contributed by atoms with Crippen molar-refractivity contribution in [2.45, 2.75) is 12.5 Å². The average molecular weight is 273 g/mol. The van der Waals surface area contributed by atoms with Crippen molar-refractivity contribution in [3.8, 4) is 0 Å². The van der Waals surface area contributed by atoms with Crippen LogP contribution in [0.1, 0.15) is 6.92 Å². The molecule has 0 aliphatic carbocycles. The molecule has 1 heterocycles.